The van der Waals surface area contributed by atoms with Crippen molar-refractivity contribution in [3.8, 4) is 11.3 Å². The van der Waals surface area contributed by atoms with Gasteiger partial charge in [-0.1, -0.05) is 19.3 Å². The molecule has 0 radical (unpaired) electrons. The zero-order valence-electron chi connectivity index (χ0n) is 13.2. The van der Waals surface area contributed by atoms with Crippen LogP contribution in [0.5, 0.6) is 0 Å². The first-order valence-electron chi connectivity index (χ1n) is 8.29. The molecule has 0 atom stereocenters. The van der Waals surface area contributed by atoms with E-state index in [2.05, 4.69) is 20.7 Å². The molecule has 0 aromatic carbocycles. The fraction of sp³-hybridized carbons (Fsp3) is 0.471. The van der Waals surface area contributed by atoms with Crippen molar-refractivity contribution in [2.75, 3.05) is 6.54 Å². The molecule has 1 fully saturated rings. The maximum atomic E-state index is 11.9. The Hall–Kier alpha value is -2.37. The Bertz CT molecular complexity index is 619. The normalized spacial score (nSPS) is 15.3. The molecular weight excluding hydrogens is 290 g/mol. The number of rotatable bonds is 5. The minimum Gasteiger partial charge on any atom is -0.336 e. The van der Waals surface area contributed by atoms with Gasteiger partial charge in [-0.25, -0.2) is 4.79 Å². The minimum atomic E-state index is -0.0709. The molecular formula is C17H23N5O. The molecule has 6 heteroatoms. The van der Waals surface area contributed by atoms with Gasteiger partial charge in [-0.05, 0) is 31.0 Å². The van der Waals surface area contributed by atoms with Crippen LogP contribution < -0.4 is 10.6 Å². The Morgan fingerprint density at radius 2 is 1.96 bits per heavy atom. The largest absolute Gasteiger partial charge is 0.336 e. The summed E-state index contributed by atoms with van der Waals surface area (Å²) in [6, 6.07) is 6.10. The van der Waals surface area contributed by atoms with Gasteiger partial charge in [-0.15, -0.1) is 0 Å². The Morgan fingerprint density at radius 3 is 2.74 bits per heavy atom. The fourth-order valence-electron chi connectivity index (χ4n) is 2.93. The second-order valence-electron chi connectivity index (χ2n) is 5.94. The minimum absolute atomic E-state index is 0.0709. The SMILES string of the molecule is O=C(NCCn1ccc(-c2ccncc2)n1)NC1CCCCC1. The second-order valence-corrected chi connectivity index (χ2v) is 5.94. The summed E-state index contributed by atoms with van der Waals surface area (Å²) in [4.78, 5) is 15.9. The summed E-state index contributed by atoms with van der Waals surface area (Å²) in [5.74, 6) is 0. The van der Waals surface area contributed by atoms with Crippen molar-refractivity contribution in [1.29, 1.82) is 0 Å². The van der Waals surface area contributed by atoms with Crippen LogP contribution in [0.2, 0.25) is 0 Å². The van der Waals surface area contributed by atoms with E-state index < -0.39 is 0 Å². The van der Waals surface area contributed by atoms with E-state index in [1.54, 1.807) is 12.4 Å². The summed E-state index contributed by atoms with van der Waals surface area (Å²) >= 11 is 0. The zero-order chi connectivity index (χ0) is 15.9. The molecule has 2 amide bonds. The summed E-state index contributed by atoms with van der Waals surface area (Å²) in [5.41, 5.74) is 1.96. The third kappa shape index (κ3) is 4.55. The van der Waals surface area contributed by atoms with E-state index in [1.165, 1.54) is 19.3 Å². The highest BCUT2D eigenvalue weighted by molar-refractivity contribution is 5.74. The molecule has 2 aromatic heterocycles. The van der Waals surface area contributed by atoms with E-state index in [-0.39, 0.29) is 6.03 Å². The number of amides is 2. The standard InChI is InChI=1S/C17H23N5O/c23-17(20-15-4-2-1-3-5-15)19-11-13-22-12-8-16(21-22)14-6-9-18-10-7-14/h6-10,12,15H,1-5,11,13H2,(H2,19,20,23). The van der Waals surface area contributed by atoms with Crippen LogP contribution >= 0.6 is 0 Å². The number of nitrogens with one attached hydrogen (secondary N) is 2. The van der Waals surface area contributed by atoms with Crippen LogP contribution in [0.3, 0.4) is 0 Å². The lowest BCUT2D eigenvalue weighted by Crippen LogP contribution is -2.43. The maximum Gasteiger partial charge on any atom is 0.315 e. The smallest absolute Gasteiger partial charge is 0.315 e. The van der Waals surface area contributed by atoms with E-state index in [9.17, 15) is 4.79 Å². The molecule has 0 unspecified atom stereocenters. The first kappa shape index (κ1) is 15.5. The monoisotopic (exact) mass is 313 g/mol. The summed E-state index contributed by atoms with van der Waals surface area (Å²) in [5, 5.41) is 10.5. The fourth-order valence-corrected chi connectivity index (χ4v) is 2.93. The number of hydrogen-bond acceptors (Lipinski definition) is 3. The molecule has 0 bridgehead atoms. The van der Waals surface area contributed by atoms with Crippen LogP contribution in [0.1, 0.15) is 32.1 Å². The lowest BCUT2D eigenvalue weighted by molar-refractivity contribution is 0.232. The molecule has 2 N–H and O–H groups in total. The van der Waals surface area contributed by atoms with Gasteiger partial charge in [0.05, 0.1) is 12.2 Å². The zero-order valence-corrected chi connectivity index (χ0v) is 13.2. The average molecular weight is 313 g/mol. The lowest BCUT2D eigenvalue weighted by Gasteiger charge is -2.22. The quantitative estimate of drug-likeness (QED) is 0.891. The van der Waals surface area contributed by atoms with Gasteiger partial charge in [-0.2, -0.15) is 5.10 Å². The van der Waals surface area contributed by atoms with Gasteiger partial charge in [0.15, 0.2) is 0 Å². The average Bonchev–Trinajstić information content (AvgIpc) is 3.05. The van der Waals surface area contributed by atoms with E-state index in [4.69, 9.17) is 0 Å². The number of hydrogen-bond donors (Lipinski definition) is 2. The van der Waals surface area contributed by atoms with Gasteiger partial charge in [0, 0.05) is 36.7 Å². The van der Waals surface area contributed by atoms with Crippen LogP contribution in [-0.4, -0.2) is 33.4 Å². The van der Waals surface area contributed by atoms with Gasteiger partial charge < -0.3 is 10.6 Å². The van der Waals surface area contributed by atoms with Crippen LogP contribution in [0.15, 0.2) is 36.8 Å². The van der Waals surface area contributed by atoms with Gasteiger partial charge in [0.2, 0.25) is 0 Å². The van der Waals surface area contributed by atoms with Crippen molar-refractivity contribution in [3.63, 3.8) is 0 Å². The Morgan fingerprint density at radius 1 is 1.17 bits per heavy atom. The molecule has 3 rings (SSSR count). The molecule has 1 saturated carbocycles. The number of nitrogens with zero attached hydrogens (tertiary/aromatic N) is 3. The topological polar surface area (TPSA) is 71.8 Å². The summed E-state index contributed by atoms with van der Waals surface area (Å²) in [7, 11) is 0. The number of carbonyl (C=O) groups excluding carboxylic acids is 1. The Balaban J connectivity index is 1.42. The highest BCUT2D eigenvalue weighted by atomic mass is 16.2. The highest BCUT2D eigenvalue weighted by Crippen LogP contribution is 2.17. The molecule has 122 valence electrons. The first-order valence-corrected chi connectivity index (χ1v) is 8.29. The number of aromatic nitrogens is 3. The molecule has 0 spiro atoms. The number of carbonyl (C=O) groups is 1. The molecule has 2 aromatic rings. The van der Waals surface area contributed by atoms with Crippen LogP contribution in [0.4, 0.5) is 4.79 Å². The molecule has 23 heavy (non-hydrogen) atoms. The van der Waals surface area contributed by atoms with E-state index >= 15 is 0 Å². The summed E-state index contributed by atoms with van der Waals surface area (Å²) in [6.07, 6.45) is 11.4. The molecule has 0 aliphatic heterocycles. The van der Waals surface area contributed by atoms with Crippen LogP contribution in [0.25, 0.3) is 11.3 Å². The number of urea groups is 1. The molecule has 2 heterocycles. The predicted octanol–water partition coefficient (Wildman–Crippen LogP) is 2.58. The van der Waals surface area contributed by atoms with Crippen LogP contribution in [0, 0.1) is 0 Å². The van der Waals surface area contributed by atoms with Gasteiger partial charge in [0.1, 0.15) is 0 Å². The van der Waals surface area contributed by atoms with Gasteiger partial charge in [0.25, 0.3) is 0 Å². The third-order valence-corrected chi connectivity index (χ3v) is 4.18. The summed E-state index contributed by atoms with van der Waals surface area (Å²) < 4.78 is 1.84. The van der Waals surface area contributed by atoms with Crippen molar-refractivity contribution in [1.82, 2.24) is 25.4 Å². The predicted molar refractivity (Wildman–Crippen MR) is 88.9 cm³/mol. The third-order valence-electron chi connectivity index (χ3n) is 4.18. The maximum absolute atomic E-state index is 11.9. The van der Waals surface area contributed by atoms with E-state index in [0.717, 1.165) is 24.1 Å². The van der Waals surface area contributed by atoms with Crippen LogP contribution in [-0.2, 0) is 6.54 Å². The Kier molecular flexibility index (Phi) is 5.24. The van der Waals surface area contributed by atoms with Crippen molar-refractivity contribution in [2.24, 2.45) is 0 Å². The lowest BCUT2D eigenvalue weighted by atomic mass is 9.96. The molecule has 1 aliphatic rings. The van der Waals surface area contributed by atoms with Crippen molar-refractivity contribution in [3.05, 3.63) is 36.8 Å². The van der Waals surface area contributed by atoms with E-state index in [0.29, 0.717) is 19.1 Å². The Labute approximate surface area is 136 Å². The van der Waals surface area contributed by atoms with Gasteiger partial charge in [-0.3, -0.25) is 9.67 Å². The van der Waals surface area contributed by atoms with Crippen molar-refractivity contribution < 1.29 is 4.79 Å². The van der Waals surface area contributed by atoms with Gasteiger partial charge >= 0.3 is 6.03 Å². The van der Waals surface area contributed by atoms with Crippen molar-refractivity contribution >= 4 is 6.03 Å². The second kappa shape index (κ2) is 7.76. The highest BCUT2D eigenvalue weighted by Gasteiger charge is 2.15. The molecule has 0 saturated heterocycles. The summed E-state index contributed by atoms with van der Waals surface area (Å²) in [6.45, 7) is 1.22. The first-order chi connectivity index (χ1) is 11.3. The van der Waals surface area contributed by atoms with E-state index in [1.807, 2.05) is 29.1 Å². The number of pyridine rings is 1. The molecule has 1 aliphatic carbocycles. The molecule has 6 nitrogen and oxygen atoms in total. The van der Waals surface area contributed by atoms with Crippen molar-refractivity contribution in [2.45, 2.75) is 44.7 Å².